The zero-order valence-corrected chi connectivity index (χ0v) is 14.9. The van der Waals surface area contributed by atoms with E-state index in [1.807, 2.05) is 25.1 Å². The third kappa shape index (κ3) is 3.54. The second-order valence-electron chi connectivity index (χ2n) is 6.43. The lowest BCUT2D eigenvalue weighted by Gasteiger charge is -2.24. The van der Waals surface area contributed by atoms with Gasteiger partial charge in [-0.25, -0.2) is 4.68 Å². The number of carboxylic acids is 1. The van der Waals surface area contributed by atoms with Crippen LogP contribution in [0.1, 0.15) is 35.8 Å². The fraction of sp³-hybridized carbons (Fsp3) is 0.389. The van der Waals surface area contributed by atoms with E-state index >= 15 is 0 Å². The van der Waals surface area contributed by atoms with Crippen molar-refractivity contribution in [3.63, 3.8) is 0 Å². The molecule has 1 aromatic carbocycles. The Morgan fingerprint density at radius 3 is 2.68 bits per heavy atom. The van der Waals surface area contributed by atoms with Crippen molar-refractivity contribution < 1.29 is 14.7 Å². The van der Waals surface area contributed by atoms with E-state index in [-0.39, 0.29) is 18.5 Å². The van der Waals surface area contributed by atoms with Crippen molar-refractivity contribution in [3.8, 4) is 5.69 Å². The predicted octanol–water partition coefficient (Wildman–Crippen LogP) is 3.16. The van der Waals surface area contributed by atoms with E-state index in [2.05, 4.69) is 5.10 Å². The Balaban J connectivity index is 1.89. The van der Waals surface area contributed by atoms with Crippen LogP contribution in [-0.4, -0.2) is 44.3 Å². The summed E-state index contributed by atoms with van der Waals surface area (Å²) >= 11 is 6.22. The van der Waals surface area contributed by atoms with Gasteiger partial charge < -0.3 is 10.0 Å². The summed E-state index contributed by atoms with van der Waals surface area (Å²) in [6, 6.07) is 7.41. The van der Waals surface area contributed by atoms with Crippen molar-refractivity contribution in [2.24, 2.45) is 5.92 Å². The van der Waals surface area contributed by atoms with Crippen molar-refractivity contribution >= 4 is 23.5 Å². The molecule has 1 unspecified atom stereocenters. The number of aromatic nitrogens is 2. The zero-order valence-electron chi connectivity index (χ0n) is 14.1. The van der Waals surface area contributed by atoms with Gasteiger partial charge in [0.1, 0.15) is 0 Å². The summed E-state index contributed by atoms with van der Waals surface area (Å²) in [5.74, 6) is -1.68. The van der Waals surface area contributed by atoms with E-state index in [4.69, 9.17) is 16.7 Å². The first-order valence-electron chi connectivity index (χ1n) is 8.23. The molecular weight excluding hydrogens is 342 g/mol. The Bertz CT molecular complexity index is 814. The van der Waals surface area contributed by atoms with Gasteiger partial charge in [0.2, 0.25) is 0 Å². The minimum Gasteiger partial charge on any atom is -0.481 e. The first-order chi connectivity index (χ1) is 11.9. The highest BCUT2D eigenvalue weighted by Crippen LogP contribution is 2.30. The highest BCUT2D eigenvalue weighted by Gasteiger charge is 2.36. The Morgan fingerprint density at radius 2 is 2.08 bits per heavy atom. The van der Waals surface area contributed by atoms with E-state index in [0.29, 0.717) is 22.0 Å². The molecule has 0 spiro atoms. The maximum Gasteiger partial charge on any atom is 0.308 e. The lowest BCUT2D eigenvalue weighted by atomic mass is 10.1. The largest absolute Gasteiger partial charge is 0.481 e. The number of hydrogen-bond donors (Lipinski definition) is 1. The Morgan fingerprint density at radius 1 is 1.40 bits per heavy atom. The summed E-state index contributed by atoms with van der Waals surface area (Å²) in [4.78, 5) is 25.8. The number of aliphatic carboxylic acids is 1. The number of para-hydroxylation sites is 1. The lowest BCUT2D eigenvalue weighted by molar-refractivity contribution is -0.141. The van der Waals surface area contributed by atoms with Gasteiger partial charge in [0.25, 0.3) is 5.91 Å². The molecule has 0 saturated heterocycles. The second kappa shape index (κ2) is 6.88. The molecule has 1 aliphatic carbocycles. The quantitative estimate of drug-likeness (QED) is 0.857. The third-order valence-corrected chi connectivity index (χ3v) is 4.78. The molecule has 1 saturated carbocycles. The van der Waals surface area contributed by atoms with Crippen LogP contribution in [0.5, 0.6) is 0 Å². The number of hydrogen-bond acceptors (Lipinski definition) is 3. The molecule has 2 aromatic rings. The summed E-state index contributed by atoms with van der Waals surface area (Å²) in [5, 5.41) is 14.0. The lowest BCUT2D eigenvalue weighted by Crippen LogP contribution is -2.38. The maximum atomic E-state index is 13.0. The molecule has 0 radical (unpaired) electrons. The monoisotopic (exact) mass is 361 g/mol. The van der Waals surface area contributed by atoms with Crippen molar-refractivity contribution in [3.05, 3.63) is 46.7 Å². The molecule has 1 amide bonds. The van der Waals surface area contributed by atoms with Gasteiger partial charge in [-0.1, -0.05) is 30.7 Å². The molecule has 132 valence electrons. The summed E-state index contributed by atoms with van der Waals surface area (Å²) in [6.07, 6.45) is 3.35. The van der Waals surface area contributed by atoms with Crippen LogP contribution in [0, 0.1) is 12.8 Å². The topological polar surface area (TPSA) is 75.4 Å². The fourth-order valence-corrected chi connectivity index (χ4v) is 3.01. The predicted molar refractivity (Wildman–Crippen MR) is 94.2 cm³/mol. The molecule has 0 bridgehead atoms. The molecule has 1 aliphatic rings. The molecule has 6 nitrogen and oxygen atoms in total. The highest BCUT2D eigenvalue weighted by atomic mass is 35.5. The van der Waals surface area contributed by atoms with Crippen molar-refractivity contribution in [2.45, 2.75) is 32.7 Å². The van der Waals surface area contributed by atoms with E-state index in [9.17, 15) is 9.59 Å². The van der Waals surface area contributed by atoms with Crippen LogP contribution in [-0.2, 0) is 4.79 Å². The van der Waals surface area contributed by atoms with E-state index in [1.165, 1.54) is 6.20 Å². The number of amides is 1. The molecule has 7 heteroatoms. The number of rotatable bonds is 6. The third-order valence-electron chi connectivity index (χ3n) is 4.46. The van der Waals surface area contributed by atoms with Crippen molar-refractivity contribution in [1.29, 1.82) is 0 Å². The van der Waals surface area contributed by atoms with Gasteiger partial charge in [-0.05, 0) is 31.9 Å². The Hall–Kier alpha value is -2.34. The van der Waals surface area contributed by atoms with Crippen LogP contribution in [0.15, 0.2) is 30.5 Å². The smallest absolute Gasteiger partial charge is 0.308 e. The molecular formula is C18H20ClN3O3. The molecule has 1 N–H and O–H groups in total. The van der Waals surface area contributed by atoms with Gasteiger partial charge in [-0.2, -0.15) is 5.10 Å². The van der Waals surface area contributed by atoms with Crippen molar-refractivity contribution in [1.82, 2.24) is 14.7 Å². The molecule has 1 atom stereocenters. The van der Waals surface area contributed by atoms with Crippen LogP contribution in [0.2, 0.25) is 5.02 Å². The molecule has 1 aromatic heterocycles. The summed E-state index contributed by atoms with van der Waals surface area (Å²) < 4.78 is 1.64. The second-order valence-corrected chi connectivity index (χ2v) is 6.84. The van der Waals surface area contributed by atoms with Gasteiger partial charge in [-0.15, -0.1) is 0 Å². The van der Waals surface area contributed by atoms with Crippen LogP contribution in [0.4, 0.5) is 0 Å². The molecule has 3 rings (SSSR count). The first-order valence-corrected chi connectivity index (χ1v) is 8.61. The van der Waals surface area contributed by atoms with Gasteiger partial charge in [0, 0.05) is 12.6 Å². The highest BCUT2D eigenvalue weighted by molar-refractivity contribution is 6.32. The molecule has 25 heavy (non-hydrogen) atoms. The normalized spacial score (nSPS) is 15.0. The number of nitrogens with zero attached hydrogens (tertiary/aromatic N) is 3. The van der Waals surface area contributed by atoms with Crippen LogP contribution in [0.3, 0.4) is 0 Å². The van der Waals surface area contributed by atoms with Crippen molar-refractivity contribution in [2.75, 3.05) is 6.54 Å². The number of carbonyl (C=O) groups excluding carboxylic acids is 1. The van der Waals surface area contributed by atoms with Gasteiger partial charge in [0.15, 0.2) is 0 Å². The minimum atomic E-state index is -0.901. The molecule has 0 aliphatic heterocycles. The minimum absolute atomic E-state index is 0.123. The van der Waals surface area contributed by atoms with Crippen LogP contribution in [0.25, 0.3) is 5.69 Å². The number of carbonyl (C=O) groups is 2. The SMILES string of the molecule is Cc1c(C(=O)N(CC(C)C(=O)O)C2CC2)cnn1-c1ccccc1Cl. The van der Waals surface area contributed by atoms with E-state index in [1.54, 1.807) is 22.6 Å². The number of benzene rings is 1. The molecule has 1 fully saturated rings. The Labute approximate surface area is 151 Å². The summed E-state index contributed by atoms with van der Waals surface area (Å²) in [5.41, 5.74) is 1.87. The van der Waals surface area contributed by atoms with E-state index < -0.39 is 11.9 Å². The average molecular weight is 362 g/mol. The van der Waals surface area contributed by atoms with Gasteiger partial charge in [0.05, 0.1) is 34.1 Å². The first kappa shape index (κ1) is 17.5. The number of halogens is 1. The van der Waals surface area contributed by atoms with E-state index in [0.717, 1.165) is 12.8 Å². The summed E-state index contributed by atoms with van der Waals surface area (Å²) in [7, 11) is 0. The maximum absolute atomic E-state index is 13.0. The van der Waals surface area contributed by atoms with Crippen LogP contribution < -0.4 is 0 Å². The fourth-order valence-electron chi connectivity index (χ4n) is 2.80. The Kier molecular flexibility index (Phi) is 4.81. The standard InChI is InChI=1S/C18H20ClN3O3/c1-11(18(24)25)10-21(13-7-8-13)17(23)14-9-20-22(12(14)2)16-6-4-3-5-15(16)19/h3-6,9,11,13H,7-8,10H2,1-2H3,(H,24,25). The zero-order chi connectivity index (χ0) is 18.1. The van der Waals surface area contributed by atoms with Gasteiger partial charge in [-0.3, -0.25) is 9.59 Å². The number of carboxylic acid groups (broad SMARTS) is 1. The summed E-state index contributed by atoms with van der Waals surface area (Å²) in [6.45, 7) is 3.63. The average Bonchev–Trinajstić information content (AvgIpc) is 3.35. The molecule has 1 heterocycles. The van der Waals surface area contributed by atoms with Crippen LogP contribution >= 0.6 is 11.6 Å². The van der Waals surface area contributed by atoms with Gasteiger partial charge >= 0.3 is 5.97 Å².